The van der Waals surface area contributed by atoms with Gasteiger partial charge in [0.1, 0.15) is 19.3 Å². The van der Waals surface area contributed by atoms with Gasteiger partial charge in [0.25, 0.3) is 0 Å². The van der Waals surface area contributed by atoms with E-state index >= 15 is 0 Å². The largest absolute Gasteiger partial charge is 0.462 e. The Morgan fingerprint density at radius 1 is 0.854 bits per heavy atom. The number of aromatic nitrogens is 3. The summed E-state index contributed by atoms with van der Waals surface area (Å²) in [5, 5.41) is 20.3. The van der Waals surface area contributed by atoms with Crippen LogP contribution in [0.2, 0.25) is 0 Å². The van der Waals surface area contributed by atoms with Gasteiger partial charge in [-0.05, 0) is 25.7 Å². The van der Waals surface area contributed by atoms with Crippen molar-refractivity contribution in [3.8, 4) is 0 Å². The quantitative estimate of drug-likeness (QED) is 0.116. The number of allylic oxidation sites excluding steroid dienone is 1. The minimum atomic E-state index is -1.34. The third kappa shape index (κ3) is 12.6. The maximum absolute atomic E-state index is 12.9. The predicted octanol–water partition coefficient (Wildman–Crippen LogP) is 1.43. The summed E-state index contributed by atoms with van der Waals surface area (Å²) in [5.41, 5.74) is -2.46. The minimum Gasteiger partial charge on any atom is -0.462 e. The summed E-state index contributed by atoms with van der Waals surface area (Å²) in [6.07, 6.45) is 2.39. The molecule has 0 spiro atoms. The van der Waals surface area contributed by atoms with Crippen LogP contribution < -0.4 is 17.1 Å². The van der Waals surface area contributed by atoms with Gasteiger partial charge >= 0.3 is 29.0 Å². The fourth-order valence-electron chi connectivity index (χ4n) is 3.88. The van der Waals surface area contributed by atoms with Crippen molar-refractivity contribution >= 4 is 35.5 Å². The number of hydrogen-bond acceptors (Lipinski definition) is 11. The molecule has 0 bridgehead atoms. The Morgan fingerprint density at radius 2 is 1.37 bits per heavy atom. The van der Waals surface area contributed by atoms with Crippen LogP contribution in [0.15, 0.2) is 27.0 Å². The van der Waals surface area contributed by atoms with Crippen molar-refractivity contribution in [2.24, 2.45) is 5.92 Å². The summed E-state index contributed by atoms with van der Waals surface area (Å²) in [4.78, 5) is 62.2. The molecule has 0 radical (unpaired) electrons. The minimum absolute atomic E-state index is 0.0102. The van der Waals surface area contributed by atoms with Gasteiger partial charge in [0.2, 0.25) is 0 Å². The van der Waals surface area contributed by atoms with E-state index in [0.29, 0.717) is 30.3 Å². The fourth-order valence-corrected chi connectivity index (χ4v) is 5.61. The van der Waals surface area contributed by atoms with E-state index in [9.17, 15) is 34.2 Å². The van der Waals surface area contributed by atoms with Crippen LogP contribution in [0.4, 0.5) is 0 Å². The highest BCUT2D eigenvalue weighted by molar-refractivity contribution is 8.03. The van der Waals surface area contributed by atoms with Crippen LogP contribution in [0, 0.1) is 5.92 Å². The lowest BCUT2D eigenvalue weighted by Crippen LogP contribution is -2.56. The van der Waals surface area contributed by atoms with Crippen LogP contribution in [-0.2, 0) is 32.2 Å². The molecule has 14 heteroatoms. The summed E-state index contributed by atoms with van der Waals surface area (Å²) in [7, 11) is 0. The molecular formula is C27H45N3O9S2. The Bertz CT molecular complexity index is 1140. The summed E-state index contributed by atoms with van der Waals surface area (Å²) in [5.74, 6) is 0.768. The maximum Gasteiger partial charge on any atom is 0.336 e. The van der Waals surface area contributed by atoms with E-state index in [2.05, 4.69) is 20.4 Å². The lowest BCUT2D eigenvalue weighted by atomic mass is 9.96. The first-order valence-corrected chi connectivity index (χ1v) is 16.2. The molecule has 1 aromatic heterocycles. The van der Waals surface area contributed by atoms with E-state index in [4.69, 9.17) is 9.47 Å². The highest BCUT2D eigenvalue weighted by Gasteiger charge is 2.21. The number of aliphatic hydroxyl groups is 2. The van der Waals surface area contributed by atoms with Crippen LogP contribution in [0.1, 0.15) is 59.4 Å². The summed E-state index contributed by atoms with van der Waals surface area (Å²) in [6.45, 7) is 10.2. The second kappa shape index (κ2) is 19.8. The molecule has 3 atom stereocenters. The maximum atomic E-state index is 12.9. The van der Waals surface area contributed by atoms with Crippen LogP contribution in [0.3, 0.4) is 0 Å². The van der Waals surface area contributed by atoms with Gasteiger partial charge in [-0.25, -0.2) is 28.1 Å². The first kappa shape index (κ1) is 36.7. The zero-order valence-corrected chi connectivity index (χ0v) is 26.1. The van der Waals surface area contributed by atoms with Crippen molar-refractivity contribution in [3.63, 3.8) is 0 Å². The van der Waals surface area contributed by atoms with Gasteiger partial charge in [-0.2, -0.15) is 0 Å². The second-order valence-electron chi connectivity index (χ2n) is 9.68. The summed E-state index contributed by atoms with van der Waals surface area (Å²) >= 11 is 2.65. The van der Waals surface area contributed by atoms with Crippen LogP contribution in [0.5, 0.6) is 0 Å². The van der Waals surface area contributed by atoms with Crippen LogP contribution in [-0.4, -0.2) is 84.3 Å². The molecule has 1 heterocycles. The Labute approximate surface area is 249 Å². The molecule has 0 aliphatic carbocycles. The number of ether oxygens (including phenoxy) is 2. The fraction of sp³-hybridized carbons (Fsp3) is 0.741. The monoisotopic (exact) mass is 619 g/mol. The number of esters is 2. The van der Waals surface area contributed by atoms with E-state index in [-0.39, 0.29) is 24.7 Å². The standard InChI is InChI=1S/C27H45N3O9S2/c1-6-10-28-25(35)29(27(37)30(26(28)36)19(5)7-2)14-22(32)16-39-24(34)18-41-12-11-40-17-23(33)38-15-21(31)13-20(8-3)9-4/h6,19-22,31-32H,1,7-18H2,2-5H3. The van der Waals surface area contributed by atoms with E-state index in [1.807, 2.05) is 0 Å². The number of hydrogen-bond donors (Lipinski definition) is 2. The third-order valence-electron chi connectivity index (χ3n) is 6.52. The molecule has 0 saturated heterocycles. The number of aliphatic hydroxyl groups excluding tert-OH is 2. The van der Waals surface area contributed by atoms with Crippen molar-refractivity contribution in [3.05, 3.63) is 44.1 Å². The molecule has 234 valence electrons. The molecule has 2 N–H and O–H groups in total. The second-order valence-corrected chi connectivity index (χ2v) is 11.9. The van der Waals surface area contributed by atoms with Gasteiger partial charge in [-0.3, -0.25) is 9.59 Å². The van der Waals surface area contributed by atoms with E-state index in [1.165, 1.54) is 29.6 Å². The van der Waals surface area contributed by atoms with Gasteiger partial charge < -0.3 is 19.7 Å². The van der Waals surface area contributed by atoms with E-state index in [1.54, 1.807) is 13.8 Å². The Hall–Kier alpha value is -2.29. The van der Waals surface area contributed by atoms with Crippen molar-refractivity contribution in [1.82, 2.24) is 13.7 Å². The molecule has 0 fully saturated rings. The Morgan fingerprint density at radius 3 is 1.85 bits per heavy atom. The van der Waals surface area contributed by atoms with Crippen molar-refractivity contribution in [1.29, 1.82) is 0 Å². The molecule has 0 aliphatic rings. The molecule has 0 amide bonds. The van der Waals surface area contributed by atoms with Crippen molar-refractivity contribution in [2.45, 2.75) is 84.7 Å². The van der Waals surface area contributed by atoms with Crippen LogP contribution >= 0.6 is 23.5 Å². The van der Waals surface area contributed by atoms with E-state index < -0.39 is 60.4 Å². The Kier molecular flexibility index (Phi) is 17.7. The van der Waals surface area contributed by atoms with Gasteiger partial charge in [0, 0.05) is 17.5 Å². The number of thioether (sulfide) groups is 2. The Balaban J connectivity index is 2.43. The molecule has 0 aromatic carbocycles. The van der Waals surface area contributed by atoms with Gasteiger partial charge in [0.15, 0.2) is 0 Å². The van der Waals surface area contributed by atoms with Gasteiger partial charge in [-0.15, -0.1) is 30.1 Å². The topological polar surface area (TPSA) is 159 Å². The zero-order chi connectivity index (χ0) is 30.9. The van der Waals surface area contributed by atoms with Gasteiger partial charge in [-0.1, -0.05) is 39.7 Å². The molecular weight excluding hydrogens is 574 g/mol. The molecule has 1 rings (SSSR count). The first-order valence-electron chi connectivity index (χ1n) is 13.9. The van der Waals surface area contributed by atoms with Crippen molar-refractivity contribution < 1.29 is 29.3 Å². The molecule has 3 unspecified atom stereocenters. The normalized spacial score (nSPS) is 13.5. The average molecular weight is 620 g/mol. The molecule has 1 aromatic rings. The zero-order valence-electron chi connectivity index (χ0n) is 24.5. The van der Waals surface area contributed by atoms with Crippen LogP contribution in [0.25, 0.3) is 0 Å². The highest BCUT2D eigenvalue weighted by Crippen LogP contribution is 2.15. The summed E-state index contributed by atoms with van der Waals surface area (Å²) in [6, 6.07) is -0.467. The third-order valence-corrected chi connectivity index (χ3v) is 8.64. The summed E-state index contributed by atoms with van der Waals surface area (Å²) < 4.78 is 12.8. The average Bonchev–Trinajstić information content (AvgIpc) is 2.95. The predicted molar refractivity (Wildman–Crippen MR) is 162 cm³/mol. The van der Waals surface area contributed by atoms with Crippen molar-refractivity contribution in [2.75, 3.05) is 36.2 Å². The number of carbonyl (C=O) groups is 2. The van der Waals surface area contributed by atoms with Gasteiger partial charge in [0.05, 0.1) is 30.7 Å². The first-order chi connectivity index (χ1) is 19.5. The molecule has 0 aliphatic heterocycles. The van der Waals surface area contributed by atoms with E-state index in [0.717, 1.165) is 26.5 Å². The lowest BCUT2D eigenvalue weighted by molar-refractivity contribution is -0.144. The molecule has 0 saturated carbocycles. The lowest BCUT2D eigenvalue weighted by Gasteiger charge is -2.18. The SMILES string of the molecule is C=CCn1c(=O)n(CC(O)COC(=O)CSCCSCC(=O)OCC(O)CC(CC)CC)c(=O)n(C(C)CC)c1=O. The smallest absolute Gasteiger partial charge is 0.336 e. The highest BCUT2D eigenvalue weighted by atomic mass is 32.2. The number of carbonyl (C=O) groups excluding carboxylic acids is 2. The number of rotatable bonds is 21. The molecule has 12 nitrogen and oxygen atoms in total. The number of nitrogens with zero attached hydrogens (tertiary/aromatic N) is 3. The molecule has 41 heavy (non-hydrogen) atoms.